The summed E-state index contributed by atoms with van der Waals surface area (Å²) in [4.78, 5) is 20.7. The number of hydrogen-bond acceptors (Lipinski definition) is 7. The number of sulfonamides is 1. The summed E-state index contributed by atoms with van der Waals surface area (Å²) in [5.74, 6) is 0.476. The maximum absolute atomic E-state index is 12.9. The first-order chi connectivity index (χ1) is 15.4. The van der Waals surface area contributed by atoms with Crippen LogP contribution in [0.25, 0.3) is 0 Å². The normalized spacial score (nSPS) is 20.3. The molecule has 0 aliphatic carbocycles. The minimum atomic E-state index is -3.63. The van der Waals surface area contributed by atoms with E-state index in [1.54, 1.807) is 36.1 Å². The van der Waals surface area contributed by atoms with Gasteiger partial charge in [0.15, 0.2) is 5.03 Å². The van der Waals surface area contributed by atoms with Gasteiger partial charge in [0.2, 0.25) is 5.91 Å². The first-order valence-corrected chi connectivity index (χ1v) is 13.3. The van der Waals surface area contributed by atoms with Crippen LogP contribution in [0.1, 0.15) is 29.6 Å². The van der Waals surface area contributed by atoms with Crippen molar-refractivity contribution in [1.29, 1.82) is 0 Å². The van der Waals surface area contributed by atoms with Crippen molar-refractivity contribution in [2.45, 2.75) is 30.8 Å². The molecule has 2 fully saturated rings. The van der Waals surface area contributed by atoms with E-state index in [2.05, 4.69) is 26.6 Å². The molecule has 2 saturated heterocycles. The Labute approximate surface area is 193 Å². The molecule has 176 valence electrons. The molecule has 0 spiro atoms. The molecule has 0 bridgehead atoms. The zero-order chi connectivity index (χ0) is 22.7. The summed E-state index contributed by atoms with van der Waals surface area (Å²) in [7, 11) is -1.85. The van der Waals surface area contributed by atoms with Crippen molar-refractivity contribution in [3.05, 3.63) is 34.4 Å². The number of thiophene rings is 1. The van der Waals surface area contributed by atoms with Crippen LogP contribution in [0.15, 0.2) is 28.7 Å². The van der Waals surface area contributed by atoms with Gasteiger partial charge in [-0.25, -0.2) is 13.4 Å². The Morgan fingerprint density at radius 3 is 2.59 bits per heavy atom. The van der Waals surface area contributed by atoms with Crippen LogP contribution in [-0.2, 0) is 26.6 Å². The Balaban J connectivity index is 1.33. The van der Waals surface area contributed by atoms with E-state index in [1.165, 1.54) is 9.18 Å². The van der Waals surface area contributed by atoms with Gasteiger partial charge in [-0.3, -0.25) is 9.69 Å². The number of rotatable bonds is 7. The minimum absolute atomic E-state index is 0.00513. The first-order valence-electron chi connectivity index (χ1n) is 11.0. The van der Waals surface area contributed by atoms with Crippen LogP contribution in [0.3, 0.4) is 0 Å². The molecule has 0 aromatic carbocycles. The highest BCUT2D eigenvalue weighted by Gasteiger charge is 2.34. The molecule has 0 radical (unpaired) electrons. The summed E-state index contributed by atoms with van der Waals surface area (Å²) in [6.07, 6.45) is 2.57. The maximum atomic E-state index is 12.9. The highest BCUT2D eigenvalue weighted by Crippen LogP contribution is 2.27. The maximum Gasteiger partial charge on any atom is 0.262 e. The lowest BCUT2D eigenvalue weighted by Crippen LogP contribution is -2.46. The average molecular weight is 482 g/mol. The molecule has 32 heavy (non-hydrogen) atoms. The fourth-order valence-corrected chi connectivity index (χ4v) is 6.62. The van der Waals surface area contributed by atoms with Crippen LogP contribution in [0.4, 0.5) is 0 Å². The van der Waals surface area contributed by atoms with Crippen LogP contribution in [0.2, 0.25) is 0 Å². The van der Waals surface area contributed by atoms with Gasteiger partial charge in [0.05, 0.1) is 19.3 Å². The summed E-state index contributed by atoms with van der Waals surface area (Å²) >= 11 is 1.70. The lowest BCUT2D eigenvalue weighted by Gasteiger charge is -2.35. The van der Waals surface area contributed by atoms with E-state index >= 15 is 0 Å². The van der Waals surface area contributed by atoms with Gasteiger partial charge in [-0.1, -0.05) is 6.07 Å². The predicted octanol–water partition coefficient (Wildman–Crippen LogP) is 1.38. The van der Waals surface area contributed by atoms with E-state index in [0.29, 0.717) is 51.5 Å². The van der Waals surface area contributed by atoms with Crippen molar-refractivity contribution in [3.8, 4) is 0 Å². The Kier molecular flexibility index (Phi) is 7.30. The summed E-state index contributed by atoms with van der Waals surface area (Å²) in [5.41, 5.74) is 0. The first kappa shape index (κ1) is 23.4. The van der Waals surface area contributed by atoms with Gasteiger partial charge in [0.25, 0.3) is 10.0 Å². The molecule has 1 atom stereocenters. The van der Waals surface area contributed by atoms with Crippen LogP contribution in [-0.4, -0.2) is 79.0 Å². The van der Waals surface area contributed by atoms with E-state index in [-0.39, 0.29) is 22.9 Å². The van der Waals surface area contributed by atoms with Gasteiger partial charge in [-0.2, -0.15) is 4.31 Å². The van der Waals surface area contributed by atoms with E-state index in [9.17, 15) is 13.2 Å². The number of morpholine rings is 1. The number of nitrogens with one attached hydrogen (secondary N) is 1. The van der Waals surface area contributed by atoms with Gasteiger partial charge < -0.3 is 14.6 Å². The molecule has 11 heteroatoms. The van der Waals surface area contributed by atoms with Gasteiger partial charge in [-0.15, -0.1) is 11.3 Å². The molecule has 2 aliphatic rings. The molecule has 1 unspecified atom stereocenters. The van der Waals surface area contributed by atoms with Gasteiger partial charge >= 0.3 is 0 Å². The van der Waals surface area contributed by atoms with E-state index < -0.39 is 10.0 Å². The third kappa shape index (κ3) is 5.07. The van der Waals surface area contributed by atoms with Crippen LogP contribution in [0.5, 0.6) is 0 Å². The molecule has 2 aromatic heterocycles. The summed E-state index contributed by atoms with van der Waals surface area (Å²) in [6, 6.07) is 4.28. The molecule has 4 heterocycles. The van der Waals surface area contributed by atoms with Crippen LogP contribution in [0, 0.1) is 12.8 Å². The van der Waals surface area contributed by atoms with Crippen molar-refractivity contribution in [2.24, 2.45) is 13.0 Å². The van der Waals surface area contributed by atoms with E-state index in [0.717, 1.165) is 13.1 Å². The van der Waals surface area contributed by atoms with Crippen LogP contribution >= 0.6 is 11.3 Å². The highest BCUT2D eigenvalue weighted by atomic mass is 32.2. The number of aromatic nitrogens is 2. The molecule has 4 rings (SSSR count). The van der Waals surface area contributed by atoms with Crippen molar-refractivity contribution < 1.29 is 17.9 Å². The summed E-state index contributed by atoms with van der Waals surface area (Å²) in [6.45, 7) is 6.09. The second-order valence-corrected chi connectivity index (χ2v) is 11.2. The van der Waals surface area contributed by atoms with Crippen molar-refractivity contribution in [1.82, 2.24) is 24.1 Å². The largest absolute Gasteiger partial charge is 0.379 e. The standard InChI is InChI=1S/C21H31N5O4S2/c1-16-23-20(15-24(16)2)32(28,29)26-7-5-17(6-8-26)21(27)22-14-18(19-4-3-13-31-19)25-9-11-30-12-10-25/h3-4,13,15,17-18H,5-12,14H2,1-2H3,(H,22,27). The fraction of sp³-hybridized carbons (Fsp3) is 0.619. The third-order valence-corrected chi connectivity index (χ3v) is 9.09. The number of carbonyl (C=O) groups excluding carboxylic acids is 1. The SMILES string of the molecule is Cc1nc(S(=O)(=O)N2CCC(C(=O)NCC(c3cccs3)N3CCOCC3)CC2)cn1C. The number of aryl methyl sites for hydroxylation is 2. The zero-order valence-electron chi connectivity index (χ0n) is 18.6. The summed E-state index contributed by atoms with van der Waals surface area (Å²) in [5, 5.41) is 5.27. The molecular weight excluding hydrogens is 450 g/mol. The number of ether oxygens (including phenoxy) is 1. The number of amides is 1. The molecule has 1 N–H and O–H groups in total. The molecule has 1 amide bonds. The Morgan fingerprint density at radius 2 is 2.00 bits per heavy atom. The number of nitrogens with zero attached hydrogens (tertiary/aromatic N) is 4. The quantitative estimate of drug-likeness (QED) is 0.642. The Hall–Kier alpha value is -1.79. The fourth-order valence-electron chi connectivity index (χ4n) is 4.26. The molecule has 9 nitrogen and oxygen atoms in total. The molecular formula is C21H31N5O4S2. The van der Waals surface area contributed by atoms with Crippen molar-refractivity contribution in [3.63, 3.8) is 0 Å². The molecule has 0 saturated carbocycles. The molecule has 2 aliphatic heterocycles. The summed E-state index contributed by atoms with van der Waals surface area (Å²) < 4.78 is 34.4. The van der Waals surface area contributed by atoms with E-state index in [4.69, 9.17) is 4.74 Å². The second-order valence-electron chi connectivity index (χ2n) is 8.34. The smallest absolute Gasteiger partial charge is 0.262 e. The third-order valence-electron chi connectivity index (χ3n) is 6.34. The van der Waals surface area contributed by atoms with Gasteiger partial charge in [0, 0.05) is 56.8 Å². The minimum Gasteiger partial charge on any atom is -0.379 e. The topological polar surface area (TPSA) is 96.8 Å². The van der Waals surface area contributed by atoms with Gasteiger partial charge in [-0.05, 0) is 31.2 Å². The second kappa shape index (κ2) is 10.0. The lowest BCUT2D eigenvalue weighted by molar-refractivity contribution is -0.126. The average Bonchev–Trinajstić information content (AvgIpc) is 3.45. The van der Waals surface area contributed by atoms with E-state index in [1.807, 2.05) is 6.07 Å². The predicted molar refractivity (Wildman–Crippen MR) is 122 cm³/mol. The highest BCUT2D eigenvalue weighted by molar-refractivity contribution is 7.89. The molecule has 2 aromatic rings. The van der Waals surface area contributed by atoms with Crippen molar-refractivity contribution in [2.75, 3.05) is 45.9 Å². The number of hydrogen-bond donors (Lipinski definition) is 1. The number of imidazole rings is 1. The Morgan fingerprint density at radius 1 is 1.28 bits per heavy atom. The monoisotopic (exact) mass is 481 g/mol. The van der Waals surface area contributed by atoms with Crippen molar-refractivity contribution >= 4 is 27.3 Å². The van der Waals surface area contributed by atoms with Gasteiger partial charge in [0.1, 0.15) is 5.82 Å². The number of carbonyl (C=O) groups is 1. The zero-order valence-corrected chi connectivity index (χ0v) is 20.2. The Bertz CT molecular complexity index is 988. The lowest BCUT2D eigenvalue weighted by atomic mass is 9.97. The van der Waals surface area contributed by atoms with Crippen LogP contribution < -0.4 is 5.32 Å². The number of piperidine rings is 1.